The second-order valence-corrected chi connectivity index (χ2v) is 14.9. The third-order valence-corrected chi connectivity index (χ3v) is 9.90. The summed E-state index contributed by atoms with van der Waals surface area (Å²) >= 11 is 0. The van der Waals surface area contributed by atoms with Gasteiger partial charge in [-0.3, -0.25) is 18.9 Å². The third kappa shape index (κ3) is 8.32. The molecule has 2 aliphatic rings. The maximum atomic E-state index is 14.5. The summed E-state index contributed by atoms with van der Waals surface area (Å²) in [4.78, 5) is 41.7. The summed E-state index contributed by atoms with van der Waals surface area (Å²) in [5, 5.41) is 17.5. The first-order valence-electron chi connectivity index (χ1n) is 16.2. The Kier molecular flexibility index (Phi) is 11.0. The Hall–Kier alpha value is -4.59. The molecule has 0 unspecified atom stereocenters. The predicted octanol–water partition coefficient (Wildman–Crippen LogP) is 3.10. The summed E-state index contributed by atoms with van der Waals surface area (Å²) in [6.45, 7) is 9.79. The quantitative estimate of drug-likeness (QED) is 0.155. The molecule has 7 atom stereocenters. The fraction of sp³-hybridized carbons (Fsp3) is 0.515. The van der Waals surface area contributed by atoms with Crippen molar-refractivity contribution in [1.82, 2.24) is 19.7 Å². The van der Waals surface area contributed by atoms with E-state index in [1.807, 2.05) is 20.8 Å². The zero-order valence-electron chi connectivity index (χ0n) is 29.1. The van der Waals surface area contributed by atoms with Gasteiger partial charge in [0.25, 0.3) is 0 Å². The monoisotopic (exact) mass is 728 g/mol. The van der Waals surface area contributed by atoms with Gasteiger partial charge in [-0.25, -0.2) is 14.1 Å². The molecular formula is C33H41N6O11P. The number of nitrogen functional groups attached to an aromatic ring is 1. The number of esters is 3. The maximum Gasteiger partial charge on any atom is 0.459 e. The molecule has 0 amide bonds. The molecule has 274 valence electrons. The van der Waals surface area contributed by atoms with Crippen LogP contribution in [0.15, 0.2) is 42.7 Å². The Morgan fingerprint density at radius 3 is 2.45 bits per heavy atom. The van der Waals surface area contributed by atoms with Gasteiger partial charge in [-0.15, -0.1) is 0 Å². The lowest BCUT2D eigenvalue weighted by Crippen LogP contribution is -2.45. The Balaban J connectivity index is 1.48. The van der Waals surface area contributed by atoms with Crippen LogP contribution < -0.4 is 15.3 Å². The predicted molar refractivity (Wildman–Crippen MR) is 178 cm³/mol. The molecule has 1 aromatic carbocycles. The number of nitrogens with two attached hydrogens (primary N) is 1. The van der Waals surface area contributed by atoms with Gasteiger partial charge < -0.3 is 33.9 Å². The van der Waals surface area contributed by atoms with Gasteiger partial charge in [0, 0.05) is 20.3 Å². The number of ether oxygens (including phenoxy) is 5. The molecule has 0 saturated carbocycles. The van der Waals surface area contributed by atoms with Crippen LogP contribution in [0.2, 0.25) is 0 Å². The smallest absolute Gasteiger partial charge is 0.459 e. The van der Waals surface area contributed by atoms with E-state index in [1.54, 1.807) is 24.3 Å². The number of nitrogens with zero attached hydrogens (tertiary/aromatic N) is 4. The maximum absolute atomic E-state index is 14.5. The second kappa shape index (κ2) is 14.9. The summed E-state index contributed by atoms with van der Waals surface area (Å²) < 4.78 is 55.8. The number of fused-ring (bicyclic) bond motifs is 1. The fourth-order valence-electron chi connectivity index (χ4n) is 5.75. The van der Waals surface area contributed by atoms with Crippen LogP contribution >= 0.6 is 7.75 Å². The van der Waals surface area contributed by atoms with Crippen LogP contribution in [0.5, 0.6) is 5.75 Å². The van der Waals surface area contributed by atoms with Gasteiger partial charge in [-0.05, 0) is 42.2 Å². The van der Waals surface area contributed by atoms with E-state index in [1.165, 1.54) is 23.6 Å². The fourth-order valence-corrected chi connectivity index (χ4v) is 7.25. The van der Waals surface area contributed by atoms with Crippen LogP contribution in [0.4, 0.5) is 5.82 Å². The molecule has 18 heteroatoms. The van der Waals surface area contributed by atoms with Gasteiger partial charge >= 0.3 is 25.7 Å². The molecule has 2 aliphatic heterocycles. The highest BCUT2D eigenvalue weighted by Crippen LogP contribution is 2.48. The highest BCUT2D eigenvalue weighted by atomic mass is 31.2. The molecule has 0 bridgehead atoms. The third-order valence-electron chi connectivity index (χ3n) is 8.26. The number of nitriles is 1. The molecule has 5 rings (SSSR count). The standard InChI is InChI=1S/C33H41N6O11P/c1-19(31(42)48-24-13-14-44-15-24)38-51(43,50-23-9-7-22(8-10-23)32(4,5)6)45-16-26-28(46-20(2)40)29(47-21(3)41)33(17-34,49-26)27-12-11-25-30(35)36-18-37-39(25)27/h7-12,18-19,24,26,28-29H,13-16H2,1-6H3,(H,38,43)(H2,35,36,37)/t19-,24-,26+,28+,29+,33-,51-/m0/s1. The van der Waals surface area contributed by atoms with Crippen molar-refractivity contribution in [3.63, 3.8) is 0 Å². The molecular weight excluding hydrogens is 687 g/mol. The van der Waals surface area contributed by atoms with Gasteiger partial charge in [0.2, 0.25) is 5.60 Å². The van der Waals surface area contributed by atoms with Gasteiger partial charge in [-0.1, -0.05) is 32.9 Å². The molecule has 2 saturated heterocycles. The normalized spacial score (nSPS) is 25.0. The van der Waals surface area contributed by atoms with Gasteiger partial charge in [0.05, 0.1) is 25.5 Å². The second-order valence-electron chi connectivity index (χ2n) is 13.2. The molecule has 0 spiro atoms. The first-order chi connectivity index (χ1) is 24.0. The van der Waals surface area contributed by atoms with Crippen molar-refractivity contribution in [1.29, 1.82) is 5.26 Å². The number of benzene rings is 1. The molecule has 17 nitrogen and oxygen atoms in total. The van der Waals surface area contributed by atoms with E-state index in [9.17, 15) is 24.2 Å². The van der Waals surface area contributed by atoms with Crippen LogP contribution in [-0.4, -0.2) is 82.8 Å². The van der Waals surface area contributed by atoms with Gasteiger partial charge in [-0.2, -0.15) is 15.4 Å². The lowest BCUT2D eigenvalue weighted by Gasteiger charge is -2.28. The molecule has 3 aromatic rings. The number of nitrogens with one attached hydrogen (secondary N) is 1. The zero-order valence-corrected chi connectivity index (χ0v) is 30.0. The van der Waals surface area contributed by atoms with Crippen LogP contribution in [0, 0.1) is 11.3 Å². The van der Waals surface area contributed by atoms with Crippen LogP contribution in [-0.2, 0) is 58.2 Å². The van der Waals surface area contributed by atoms with Crippen LogP contribution in [0.25, 0.3) is 5.52 Å². The van der Waals surface area contributed by atoms with E-state index >= 15 is 0 Å². The average molecular weight is 729 g/mol. The summed E-state index contributed by atoms with van der Waals surface area (Å²) in [6.07, 6.45) is -3.20. The summed E-state index contributed by atoms with van der Waals surface area (Å²) in [6, 6.07) is 10.7. The van der Waals surface area contributed by atoms with E-state index in [0.717, 1.165) is 25.7 Å². The Morgan fingerprint density at radius 1 is 1.14 bits per heavy atom. The van der Waals surface area contributed by atoms with E-state index in [-0.39, 0.29) is 29.3 Å². The highest BCUT2D eigenvalue weighted by Gasteiger charge is 2.62. The minimum Gasteiger partial charge on any atom is -0.459 e. The summed E-state index contributed by atoms with van der Waals surface area (Å²) in [5.74, 6) is -2.10. The molecule has 2 fully saturated rings. The van der Waals surface area contributed by atoms with Gasteiger partial charge in [0.1, 0.15) is 41.9 Å². The van der Waals surface area contributed by atoms with E-state index in [4.69, 9.17) is 38.5 Å². The van der Waals surface area contributed by atoms with E-state index in [2.05, 4.69) is 21.2 Å². The lowest BCUT2D eigenvalue weighted by molar-refractivity contribution is -0.166. The largest absolute Gasteiger partial charge is 0.459 e. The highest BCUT2D eigenvalue weighted by molar-refractivity contribution is 7.52. The average Bonchev–Trinajstić information content (AvgIpc) is 3.79. The van der Waals surface area contributed by atoms with Gasteiger partial charge in [0.15, 0.2) is 18.0 Å². The summed E-state index contributed by atoms with van der Waals surface area (Å²) in [5.41, 5.74) is 5.07. The van der Waals surface area contributed by atoms with Crippen molar-refractivity contribution in [2.24, 2.45) is 0 Å². The molecule has 2 aromatic heterocycles. The van der Waals surface area contributed by atoms with Crippen molar-refractivity contribution in [3.05, 3.63) is 54.0 Å². The molecule has 4 heterocycles. The number of rotatable bonds is 12. The number of anilines is 1. The Labute approximate surface area is 294 Å². The zero-order chi connectivity index (χ0) is 37.1. The molecule has 0 aliphatic carbocycles. The number of hydrogen-bond acceptors (Lipinski definition) is 15. The van der Waals surface area contributed by atoms with Crippen LogP contribution in [0.3, 0.4) is 0 Å². The van der Waals surface area contributed by atoms with Crippen molar-refractivity contribution >= 4 is 37.0 Å². The molecule has 51 heavy (non-hydrogen) atoms. The number of aromatic nitrogens is 3. The topological polar surface area (TPSA) is 225 Å². The number of hydrogen-bond donors (Lipinski definition) is 2. The minimum atomic E-state index is -4.50. The lowest BCUT2D eigenvalue weighted by atomic mass is 9.87. The van der Waals surface area contributed by atoms with E-state index in [0.29, 0.717) is 18.5 Å². The Morgan fingerprint density at radius 2 is 1.84 bits per heavy atom. The molecule has 3 N–H and O–H groups in total. The van der Waals surface area contributed by atoms with Crippen LogP contribution in [0.1, 0.15) is 59.2 Å². The molecule has 0 radical (unpaired) electrons. The van der Waals surface area contributed by atoms with Crippen molar-refractivity contribution < 1.29 is 51.7 Å². The SMILES string of the molecule is CC(=O)O[C@H]1[C@@H](OC(C)=O)[C@](C#N)(c2ccc3c(N)ncnn23)O[C@@H]1CO[P@@](=O)(N[C@@H](C)C(=O)O[C@H]1CCOC1)Oc1ccc(C(C)(C)C)cc1. The minimum absolute atomic E-state index is 0.0729. The number of carbonyl (C=O) groups excluding carboxylic acids is 3. The van der Waals surface area contributed by atoms with Crippen molar-refractivity contribution in [2.75, 3.05) is 25.6 Å². The Bertz CT molecular complexity index is 1850. The first-order valence-corrected chi connectivity index (χ1v) is 17.7. The van der Waals surface area contributed by atoms with E-state index < -0.39 is 68.3 Å². The van der Waals surface area contributed by atoms with Crippen molar-refractivity contribution in [2.45, 2.75) is 89.4 Å². The number of carbonyl (C=O) groups is 3. The van der Waals surface area contributed by atoms with Crippen molar-refractivity contribution in [3.8, 4) is 11.8 Å². The summed E-state index contributed by atoms with van der Waals surface area (Å²) in [7, 11) is -4.50. The first kappa shape index (κ1) is 37.7.